The number of benzene rings is 2. The highest BCUT2D eigenvalue weighted by molar-refractivity contribution is 6.42. The van der Waals surface area contributed by atoms with Crippen LogP contribution in [0.3, 0.4) is 0 Å². The van der Waals surface area contributed by atoms with Gasteiger partial charge in [0.2, 0.25) is 11.8 Å². The minimum absolute atomic E-state index is 0.0139. The predicted octanol–water partition coefficient (Wildman–Crippen LogP) is 6.80. The first-order chi connectivity index (χ1) is 18.7. The standard InChI is InChI=1S/C27H21Cl2F6N3O2/c28-21-4-3-16(10-22(21)29)11-23-25(40)37(7-5-24(39)38(23)15-17-2-1-6-36-13-17)14-18-8-19(26(30,31)32)12-20(9-18)27(33,34)35/h1-4,6,8-10,12-13,23H,5,7,11,14-15H2/t23-/m0/s1. The van der Waals surface area contributed by atoms with E-state index in [2.05, 4.69) is 4.98 Å². The average Bonchev–Trinajstić information content (AvgIpc) is 2.98. The van der Waals surface area contributed by atoms with E-state index in [-0.39, 0.29) is 47.6 Å². The maximum absolute atomic E-state index is 13.8. The fourth-order valence-corrected chi connectivity index (χ4v) is 4.79. The normalized spacial score (nSPS) is 16.9. The van der Waals surface area contributed by atoms with Crippen LogP contribution in [0.5, 0.6) is 0 Å². The highest BCUT2D eigenvalue weighted by Crippen LogP contribution is 2.37. The number of rotatable bonds is 6. The Morgan fingerprint density at radius 1 is 0.825 bits per heavy atom. The molecule has 0 spiro atoms. The predicted molar refractivity (Wildman–Crippen MR) is 135 cm³/mol. The molecule has 1 fully saturated rings. The zero-order valence-corrected chi connectivity index (χ0v) is 22.1. The summed E-state index contributed by atoms with van der Waals surface area (Å²) in [5, 5.41) is 0.485. The molecular formula is C27H21Cl2F6N3O2. The number of halogens is 8. The Bertz CT molecular complexity index is 1370. The summed E-state index contributed by atoms with van der Waals surface area (Å²) < 4.78 is 80.4. The van der Waals surface area contributed by atoms with E-state index in [0.717, 1.165) is 4.90 Å². The summed E-state index contributed by atoms with van der Waals surface area (Å²) >= 11 is 12.1. The van der Waals surface area contributed by atoms with Crippen molar-refractivity contribution in [3.63, 3.8) is 0 Å². The van der Waals surface area contributed by atoms with Gasteiger partial charge in [0.25, 0.3) is 0 Å². The highest BCUT2D eigenvalue weighted by atomic mass is 35.5. The van der Waals surface area contributed by atoms with Gasteiger partial charge < -0.3 is 9.80 Å². The molecule has 2 heterocycles. The van der Waals surface area contributed by atoms with Gasteiger partial charge in [-0.1, -0.05) is 35.3 Å². The molecule has 0 saturated carbocycles. The molecule has 1 aliphatic heterocycles. The number of aromatic nitrogens is 1. The monoisotopic (exact) mass is 603 g/mol. The molecule has 3 aromatic rings. The maximum atomic E-state index is 13.8. The van der Waals surface area contributed by atoms with Crippen molar-refractivity contribution < 1.29 is 35.9 Å². The minimum Gasteiger partial charge on any atom is -0.336 e. The second-order valence-corrected chi connectivity index (χ2v) is 10.1. The molecule has 2 amide bonds. The molecule has 0 N–H and O–H groups in total. The van der Waals surface area contributed by atoms with E-state index in [4.69, 9.17) is 23.2 Å². The summed E-state index contributed by atoms with van der Waals surface area (Å²) in [7, 11) is 0. The largest absolute Gasteiger partial charge is 0.416 e. The molecule has 2 aromatic carbocycles. The Morgan fingerprint density at radius 3 is 2.08 bits per heavy atom. The van der Waals surface area contributed by atoms with Crippen LogP contribution in [0.4, 0.5) is 26.3 Å². The Hall–Kier alpha value is -3.31. The van der Waals surface area contributed by atoms with Crippen LogP contribution in [0.2, 0.25) is 10.0 Å². The van der Waals surface area contributed by atoms with Crippen molar-refractivity contribution in [3.8, 4) is 0 Å². The molecule has 0 bridgehead atoms. The van der Waals surface area contributed by atoms with Gasteiger partial charge in [0, 0.05) is 44.9 Å². The zero-order valence-electron chi connectivity index (χ0n) is 20.6. The number of pyridine rings is 1. The number of hydrogen-bond acceptors (Lipinski definition) is 3. The zero-order chi connectivity index (χ0) is 29.2. The van der Waals surface area contributed by atoms with E-state index in [9.17, 15) is 35.9 Å². The van der Waals surface area contributed by atoms with Crippen molar-refractivity contribution in [1.29, 1.82) is 0 Å². The molecule has 1 aliphatic rings. The van der Waals surface area contributed by atoms with Crippen LogP contribution >= 0.6 is 23.2 Å². The Labute approximate surface area is 235 Å². The summed E-state index contributed by atoms with van der Waals surface area (Å²) in [5.74, 6) is -1.04. The van der Waals surface area contributed by atoms with Crippen LogP contribution in [0.1, 0.15) is 34.2 Å². The maximum Gasteiger partial charge on any atom is 0.416 e. The highest BCUT2D eigenvalue weighted by Gasteiger charge is 2.39. The van der Waals surface area contributed by atoms with Crippen LogP contribution in [-0.4, -0.2) is 39.2 Å². The number of nitrogens with zero attached hydrogens (tertiary/aromatic N) is 3. The summed E-state index contributed by atoms with van der Waals surface area (Å²) in [6.45, 7) is -0.742. The fraction of sp³-hybridized carbons (Fsp3) is 0.296. The quantitative estimate of drug-likeness (QED) is 0.291. The Balaban J connectivity index is 1.71. The van der Waals surface area contributed by atoms with E-state index in [0.29, 0.717) is 23.3 Å². The molecule has 5 nitrogen and oxygen atoms in total. The minimum atomic E-state index is -5.04. The van der Waals surface area contributed by atoms with Crippen molar-refractivity contribution >= 4 is 35.0 Å². The van der Waals surface area contributed by atoms with Gasteiger partial charge >= 0.3 is 12.4 Å². The molecule has 1 saturated heterocycles. The third-order valence-electron chi connectivity index (χ3n) is 6.40. The van der Waals surface area contributed by atoms with Gasteiger partial charge in [-0.2, -0.15) is 26.3 Å². The SMILES string of the molecule is O=C1[C@H](Cc2ccc(Cl)c(Cl)c2)N(Cc2cccnc2)C(=O)CCN1Cc1cc(C(F)(F)F)cc(C(F)(F)F)c1. The first kappa shape index (κ1) is 29.7. The topological polar surface area (TPSA) is 53.5 Å². The van der Waals surface area contributed by atoms with Gasteiger partial charge in [0.05, 0.1) is 21.2 Å². The van der Waals surface area contributed by atoms with Gasteiger partial charge in [0.1, 0.15) is 6.04 Å². The lowest BCUT2D eigenvalue weighted by Crippen LogP contribution is -2.48. The van der Waals surface area contributed by atoms with Crippen LogP contribution in [0.15, 0.2) is 60.9 Å². The van der Waals surface area contributed by atoms with E-state index in [1.807, 2.05) is 0 Å². The van der Waals surface area contributed by atoms with E-state index in [1.54, 1.807) is 18.2 Å². The number of hydrogen-bond donors (Lipinski definition) is 0. The molecule has 4 rings (SSSR count). The Kier molecular flexibility index (Phi) is 8.65. The lowest BCUT2D eigenvalue weighted by atomic mass is 10.0. The third-order valence-corrected chi connectivity index (χ3v) is 7.14. The average molecular weight is 604 g/mol. The summed E-state index contributed by atoms with van der Waals surface area (Å²) in [6.07, 6.45) is -7.21. The summed E-state index contributed by atoms with van der Waals surface area (Å²) in [6, 6.07) is 8.10. The van der Waals surface area contributed by atoms with Crippen molar-refractivity contribution in [2.75, 3.05) is 6.54 Å². The molecule has 1 aromatic heterocycles. The number of amides is 2. The first-order valence-electron chi connectivity index (χ1n) is 11.9. The van der Waals surface area contributed by atoms with Crippen molar-refractivity contribution in [1.82, 2.24) is 14.8 Å². The molecular weight excluding hydrogens is 583 g/mol. The van der Waals surface area contributed by atoms with Crippen LogP contribution in [0.25, 0.3) is 0 Å². The lowest BCUT2D eigenvalue weighted by Gasteiger charge is -2.31. The van der Waals surface area contributed by atoms with Gasteiger partial charge in [-0.3, -0.25) is 14.6 Å². The molecule has 13 heteroatoms. The Morgan fingerprint density at radius 2 is 1.50 bits per heavy atom. The fourth-order valence-electron chi connectivity index (χ4n) is 4.46. The van der Waals surface area contributed by atoms with Gasteiger partial charge in [-0.25, -0.2) is 0 Å². The molecule has 40 heavy (non-hydrogen) atoms. The van der Waals surface area contributed by atoms with Gasteiger partial charge in [0.15, 0.2) is 0 Å². The van der Waals surface area contributed by atoms with E-state index < -0.39 is 47.9 Å². The second kappa shape index (κ2) is 11.7. The molecule has 0 aliphatic carbocycles. The summed E-state index contributed by atoms with van der Waals surface area (Å²) in [4.78, 5) is 33.5. The van der Waals surface area contributed by atoms with E-state index >= 15 is 0 Å². The molecule has 1 atom stereocenters. The molecule has 0 radical (unpaired) electrons. The first-order valence-corrected chi connectivity index (χ1v) is 12.7. The summed E-state index contributed by atoms with van der Waals surface area (Å²) in [5.41, 5.74) is -2.15. The second-order valence-electron chi connectivity index (χ2n) is 9.28. The van der Waals surface area contributed by atoms with Crippen molar-refractivity contribution in [3.05, 3.63) is 98.8 Å². The smallest absolute Gasteiger partial charge is 0.336 e. The van der Waals surface area contributed by atoms with Crippen molar-refractivity contribution in [2.45, 2.75) is 44.3 Å². The van der Waals surface area contributed by atoms with E-state index in [1.165, 1.54) is 29.4 Å². The number of carbonyl (C=O) groups excluding carboxylic acids is 2. The number of carbonyl (C=O) groups is 2. The number of alkyl halides is 6. The van der Waals surface area contributed by atoms with Gasteiger partial charge in [-0.15, -0.1) is 0 Å². The lowest BCUT2D eigenvalue weighted by molar-refractivity contribution is -0.143. The van der Waals surface area contributed by atoms with Crippen LogP contribution < -0.4 is 0 Å². The third kappa shape index (κ3) is 7.06. The van der Waals surface area contributed by atoms with Crippen molar-refractivity contribution in [2.24, 2.45) is 0 Å². The van der Waals surface area contributed by atoms with Gasteiger partial charge in [-0.05, 0) is 53.1 Å². The molecule has 212 valence electrons. The van der Waals surface area contributed by atoms with Crippen LogP contribution in [0, 0.1) is 0 Å². The van der Waals surface area contributed by atoms with Crippen LogP contribution in [-0.2, 0) is 41.5 Å². The molecule has 0 unspecified atom stereocenters.